The number of carbonyl (C=O) groups excluding carboxylic acids is 4. The zero-order chi connectivity index (χ0) is 93.9. The lowest BCUT2D eigenvalue weighted by Crippen LogP contribution is -2.42. The Balaban J connectivity index is 0.000000124. The second-order valence-corrected chi connectivity index (χ2v) is 33.3. The van der Waals surface area contributed by atoms with Crippen molar-refractivity contribution < 1.29 is 29.4 Å². The Bertz CT molecular complexity index is 7350. The second-order valence-electron chi connectivity index (χ2n) is 33.3. The summed E-state index contributed by atoms with van der Waals surface area (Å²) in [6.07, 6.45) is 17.5. The number of likely N-dealkylation sites (tertiary alicyclic amines) is 4. The molecule has 4 amide bonds. The fourth-order valence-corrected chi connectivity index (χ4v) is 17.9. The molecule has 43 nitrogen and oxygen atoms in total. The minimum Gasteiger partial charge on any atom is -0.390 e. The van der Waals surface area contributed by atoms with E-state index in [-0.39, 0.29) is 98.0 Å². The summed E-state index contributed by atoms with van der Waals surface area (Å²) in [6, 6.07) is 28.2. The van der Waals surface area contributed by atoms with Crippen LogP contribution in [0.25, 0.3) is 133 Å². The molecule has 16 aromatic heterocycles. The molecular weight excluding hydrogens is 1720 g/mol. The third-order valence-corrected chi connectivity index (χ3v) is 24.5. The normalized spacial score (nSPS) is 15.2. The number of nitrogen functional groups attached to an aromatic ring is 1. The molecule has 20 rings (SSSR count). The summed E-state index contributed by atoms with van der Waals surface area (Å²) in [4.78, 5) is 219. The monoisotopic (exact) mass is 1810 g/mol. The van der Waals surface area contributed by atoms with Crippen molar-refractivity contribution in [3.05, 3.63) is 247 Å². The van der Waals surface area contributed by atoms with E-state index in [0.29, 0.717) is 221 Å². The van der Waals surface area contributed by atoms with Crippen LogP contribution in [0.3, 0.4) is 0 Å². The van der Waals surface area contributed by atoms with Crippen LogP contribution in [0.5, 0.6) is 0 Å². The van der Waals surface area contributed by atoms with Crippen LogP contribution in [0.4, 0.5) is 5.82 Å². The van der Waals surface area contributed by atoms with Crippen LogP contribution in [0.1, 0.15) is 92.6 Å². The maximum Gasteiger partial charge on any atom is 0.329 e. The molecule has 4 saturated heterocycles. The smallest absolute Gasteiger partial charge is 0.329 e. The molecule has 0 saturated carbocycles. The molecule has 0 aromatic carbocycles. The number of pyridine rings is 12. The number of hydrogen-bond donors (Lipinski definition) is 11. The van der Waals surface area contributed by atoms with E-state index in [0.717, 1.165) is 27.9 Å². The summed E-state index contributed by atoms with van der Waals surface area (Å²) >= 11 is 0. The molecule has 684 valence electrons. The van der Waals surface area contributed by atoms with Crippen molar-refractivity contribution in [3.63, 3.8) is 0 Å². The van der Waals surface area contributed by atoms with Gasteiger partial charge in [0.15, 0.2) is 0 Å². The average molecular weight is 1810 g/mol. The number of rotatable bonds is 18. The van der Waals surface area contributed by atoms with Gasteiger partial charge in [0.2, 0.25) is 23.6 Å². The molecule has 0 spiro atoms. The van der Waals surface area contributed by atoms with E-state index >= 15 is 0 Å². The number of aromatic nitrogens is 20. The van der Waals surface area contributed by atoms with Gasteiger partial charge >= 0.3 is 22.8 Å². The number of aromatic amines is 4. The molecule has 4 fully saturated rings. The van der Waals surface area contributed by atoms with Crippen LogP contribution in [0.15, 0.2) is 185 Å². The molecule has 0 radical (unpaired) electrons. The fraction of sp³-hybridized carbons (Fsp3) is 0.297. The Kier molecular flexibility index (Phi) is 25.9. The lowest BCUT2D eigenvalue weighted by Gasteiger charge is -2.32. The minimum absolute atomic E-state index is 0.155. The highest BCUT2D eigenvalue weighted by atomic mass is 16.3. The van der Waals surface area contributed by atoms with Gasteiger partial charge in [-0.05, 0) is 155 Å². The van der Waals surface area contributed by atoms with Crippen molar-refractivity contribution in [3.8, 4) is 45.0 Å². The number of aliphatic hydroxyl groups excluding tert-OH is 2. The van der Waals surface area contributed by atoms with Crippen LogP contribution in [-0.4, -0.2) is 230 Å². The molecule has 20 heterocycles. The average Bonchev–Trinajstić information content (AvgIpc) is 0.755. The van der Waals surface area contributed by atoms with Crippen molar-refractivity contribution in [1.82, 2.24) is 118 Å². The topological polar surface area (TPSA) is 626 Å². The molecule has 4 aliphatic rings. The predicted molar refractivity (Wildman–Crippen MR) is 497 cm³/mol. The van der Waals surface area contributed by atoms with Crippen LogP contribution >= 0.6 is 0 Å². The zero-order valence-electron chi connectivity index (χ0n) is 72.3. The number of primary amides is 4. The molecular formula is C91H91N29O14. The highest BCUT2D eigenvalue weighted by Crippen LogP contribution is 2.35. The van der Waals surface area contributed by atoms with Gasteiger partial charge in [0.25, 0.3) is 22.2 Å². The molecule has 16 aromatic rings. The van der Waals surface area contributed by atoms with E-state index in [9.17, 15) is 67.7 Å². The zero-order valence-corrected chi connectivity index (χ0v) is 72.3. The molecule has 0 unspecified atom stereocenters. The number of fused-ring (bicyclic) bond motifs is 12. The summed E-state index contributed by atoms with van der Waals surface area (Å²) in [5, 5.41) is 19.7. The SMILES string of the molecule is Cc1ccc(-c2ccc3ncc4c(=O)[nH]c(=O)n(C5CCN(CC(N)=O)CC5)c4c3n2)cn1.NC(=O)CN1CCC(n2c(=O)[nH]c(=O)c3cnc4ccc(-c5ccc(CO)nc5)nc4c32)CC1.NC(=O)CN1CCC(n2c(=O)[nH]c(=O)c3cnc4ccc(-c5ccc(CO)nc5)nc4c32)CC1.NC(=O)CN1CCC(n2c(=O)[nH]c(=O)c3cnc4ccc(-c5ccc(N)nc5)nc4c32)CC1. The van der Waals surface area contributed by atoms with E-state index in [1.165, 1.54) is 24.8 Å². The van der Waals surface area contributed by atoms with Crippen molar-refractivity contribution in [2.75, 3.05) is 84.3 Å². The van der Waals surface area contributed by atoms with E-state index in [2.05, 4.69) is 59.8 Å². The van der Waals surface area contributed by atoms with Crippen LogP contribution < -0.4 is 73.7 Å². The van der Waals surface area contributed by atoms with E-state index in [1.54, 1.807) is 104 Å². The van der Waals surface area contributed by atoms with Gasteiger partial charge in [0, 0.05) is 154 Å². The van der Waals surface area contributed by atoms with Crippen LogP contribution in [0.2, 0.25) is 0 Å². The maximum absolute atomic E-state index is 13.0. The number of anilines is 1. The highest BCUT2D eigenvalue weighted by molar-refractivity contribution is 6.04. The van der Waals surface area contributed by atoms with Crippen molar-refractivity contribution in [2.45, 2.75) is 95.7 Å². The van der Waals surface area contributed by atoms with Crippen LogP contribution in [0, 0.1) is 6.92 Å². The fourth-order valence-electron chi connectivity index (χ4n) is 17.9. The summed E-state index contributed by atoms with van der Waals surface area (Å²) < 4.78 is 6.45. The summed E-state index contributed by atoms with van der Waals surface area (Å²) in [6.45, 7) is 7.19. The first kappa shape index (κ1) is 90.0. The van der Waals surface area contributed by atoms with Crippen molar-refractivity contribution in [2.24, 2.45) is 22.9 Å². The number of aliphatic hydroxyl groups is 2. The van der Waals surface area contributed by atoms with Gasteiger partial charge in [-0.25, -0.2) is 44.1 Å². The Morgan fingerprint density at radius 1 is 0.321 bits per heavy atom. The number of nitrogens with two attached hydrogens (primary N) is 5. The van der Waals surface area contributed by atoms with Crippen molar-refractivity contribution >= 4 is 117 Å². The van der Waals surface area contributed by atoms with Gasteiger partial charge in [0.05, 0.1) is 139 Å². The molecule has 0 bridgehead atoms. The van der Waals surface area contributed by atoms with Gasteiger partial charge in [-0.15, -0.1) is 0 Å². The Morgan fingerprint density at radius 2 is 0.567 bits per heavy atom. The second kappa shape index (κ2) is 38.6. The van der Waals surface area contributed by atoms with Gasteiger partial charge in [-0.2, -0.15) is 0 Å². The third kappa shape index (κ3) is 19.0. The minimum atomic E-state index is -0.516. The lowest BCUT2D eigenvalue weighted by atomic mass is 10.0. The van der Waals surface area contributed by atoms with Gasteiger partial charge in [0.1, 0.15) is 27.9 Å². The van der Waals surface area contributed by atoms with Gasteiger partial charge < -0.3 is 38.9 Å². The Hall–Kier alpha value is -16.0. The summed E-state index contributed by atoms with van der Waals surface area (Å²) in [5.74, 6) is -1.14. The molecule has 4 aliphatic heterocycles. The molecule has 0 aliphatic carbocycles. The largest absolute Gasteiger partial charge is 0.390 e. The first-order valence-corrected chi connectivity index (χ1v) is 43.3. The Morgan fingerprint density at radius 3 is 0.784 bits per heavy atom. The standard InChI is InChI=1S/2C23H23N7O4.C23H23N7O3.C22H22N8O3/c2*24-19(32)11-29-7-5-15(6-8-29)30-21-16(22(33)28-23(30)34)10-26-18-4-3-17(27-20(18)21)13-1-2-14(12-31)25-9-13;1-13-2-3-14(10-25-13)17-4-5-18-20(27-17)21-16(11-26-18)22(32)28-23(33)30(21)15-6-8-29(9-7-15)12-19(24)31;23-17-4-1-12(9-26-17)15-2-3-16-19(27-15)20-14(10-25-16)21(32)28-22(33)30(20)13-5-7-29(8-6-13)11-18(24)31/h2*1-4,9-10,15,31H,5-8,11-12H2,(H2,24,32)(H,28,33,34);2-5,10-11,15H,6-9,12H2,1H3,(H2,24,31)(H,28,32,33);1-4,9-10,13H,5-8,11H2,(H2,23,26)(H2,24,31)(H,28,32,33). The summed E-state index contributed by atoms with van der Waals surface area (Å²) in [5.41, 5.74) is 36.4. The number of amides is 4. The molecule has 43 heteroatoms. The first-order chi connectivity index (χ1) is 64.7. The summed E-state index contributed by atoms with van der Waals surface area (Å²) in [7, 11) is 0. The van der Waals surface area contributed by atoms with E-state index < -0.39 is 45.0 Å². The first-order valence-electron chi connectivity index (χ1n) is 43.3. The maximum atomic E-state index is 13.0. The quantitative estimate of drug-likeness (QED) is 0.0548. The molecule has 134 heavy (non-hydrogen) atoms. The predicted octanol–water partition coefficient (Wildman–Crippen LogP) is 2.14. The van der Waals surface area contributed by atoms with Crippen molar-refractivity contribution in [1.29, 1.82) is 0 Å². The highest BCUT2D eigenvalue weighted by Gasteiger charge is 2.32. The van der Waals surface area contributed by atoms with Crippen LogP contribution in [-0.2, 0) is 32.4 Å². The third-order valence-electron chi connectivity index (χ3n) is 24.5. The number of hydrogen-bond acceptors (Lipinski definition) is 31. The molecule has 0 atom stereocenters. The number of piperidine rings is 4. The number of nitrogens with one attached hydrogen (secondary N) is 4. The number of carbonyl (C=O) groups is 4. The van der Waals surface area contributed by atoms with Gasteiger partial charge in [-0.1, -0.05) is 0 Å². The molecule has 16 N–H and O–H groups in total. The number of H-pyrrole nitrogens is 4. The number of nitrogens with zero attached hydrogens (tertiary/aromatic N) is 20. The number of aryl methyl sites for hydroxylation is 1. The van der Waals surface area contributed by atoms with E-state index in [1.807, 2.05) is 62.9 Å². The van der Waals surface area contributed by atoms with E-state index in [4.69, 9.17) is 48.6 Å². The van der Waals surface area contributed by atoms with Gasteiger partial charge in [-0.3, -0.25) is 131 Å². The lowest BCUT2D eigenvalue weighted by molar-refractivity contribution is -0.120. The Labute approximate surface area is 755 Å².